The fourth-order valence-corrected chi connectivity index (χ4v) is 4.82. The van der Waals surface area contributed by atoms with Gasteiger partial charge in [0.15, 0.2) is 0 Å². The third-order valence-corrected chi connectivity index (χ3v) is 7.01. The summed E-state index contributed by atoms with van der Waals surface area (Å²) in [5.41, 5.74) is 3.28. The van der Waals surface area contributed by atoms with Crippen LogP contribution in [0.5, 0.6) is 0 Å². The predicted octanol–water partition coefficient (Wildman–Crippen LogP) is 2.85. The van der Waals surface area contributed by atoms with Crippen molar-refractivity contribution in [3.8, 4) is 6.07 Å². The van der Waals surface area contributed by atoms with Crippen molar-refractivity contribution < 1.29 is 4.79 Å². The number of piperidine rings is 1. The quantitative estimate of drug-likeness (QED) is 0.710. The van der Waals surface area contributed by atoms with Gasteiger partial charge in [0, 0.05) is 58.4 Å². The average Bonchev–Trinajstić information content (AvgIpc) is 2.86. The van der Waals surface area contributed by atoms with E-state index >= 15 is 0 Å². The van der Waals surface area contributed by atoms with Crippen LogP contribution in [0.4, 0.5) is 0 Å². The molecule has 0 radical (unpaired) electrons. The van der Waals surface area contributed by atoms with Crippen molar-refractivity contribution >= 4 is 5.91 Å². The average molecular weight is 446 g/mol. The molecule has 1 N–H and O–H groups in total. The molecule has 1 atom stereocenters. The summed E-state index contributed by atoms with van der Waals surface area (Å²) in [6, 6.07) is 20.8. The van der Waals surface area contributed by atoms with E-state index < -0.39 is 0 Å². The van der Waals surface area contributed by atoms with Crippen LogP contribution in [0.2, 0.25) is 0 Å². The molecule has 174 valence electrons. The predicted molar refractivity (Wildman–Crippen MR) is 130 cm³/mol. The highest BCUT2D eigenvalue weighted by molar-refractivity contribution is 5.81. The van der Waals surface area contributed by atoms with Gasteiger partial charge in [-0.25, -0.2) is 0 Å². The molecule has 0 aliphatic carbocycles. The highest BCUT2D eigenvalue weighted by Gasteiger charge is 2.28. The molecule has 2 aliphatic rings. The fraction of sp³-hybridized carbons (Fsp3) is 0.481. The zero-order valence-electron chi connectivity index (χ0n) is 19.6. The Morgan fingerprint density at radius 3 is 2.09 bits per heavy atom. The van der Waals surface area contributed by atoms with E-state index in [1.54, 1.807) is 0 Å². The number of likely N-dealkylation sites (tertiary alicyclic amines) is 1. The number of nitriles is 1. The second kappa shape index (κ2) is 11.4. The van der Waals surface area contributed by atoms with Gasteiger partial charge in [0.1, 0.15) is 0 Å². The fourth-order valence-electron chi connectivity index (χ4n) is 4.82. The van der Waals surface area contributed by atoms with Crippen LogP contribution in [0.3, 0.4) is 0 Å². The number of carbonyl (C=O) groups is 1. The third-order valence-electron chi connectivity index (χ3n) is 7.01. The van der Waals surface area contributed by atoms with E-state index in [0.29, 0.717) is 5.56 Å². The minimum Gasteiger partial charge on any atom is -0.352 e. The minimum absolute atomic E-state index is 0.0931. The van der Waals surface area contributed by atoms with Crippen LogP contribution >= 0.6 is 0 Å². The standard InChI is InChI=1S/C27H35N5O/c1-22(32-17-15-31(16-18-32)21-25-9-7-23(19-28)8-10-25)27(33)29-26-11-13-30(14-12-26)20-24-5-3-2-4-6-24/h2-10,22,26H,11-18,20-21H2,1H3,(H,29,33). The maximum Gasteiger partial charge on any atom is 0.237 e. The number of benzene rings is 2. The van der Waals surface area contributed by atoms with Gasteiger partial charge in [-0.1, -0.05) is 42.5 Å². The summed E-state index contributed by atoms with van der Waals surface area (Å²) >= 11 is 0. The Morgan fingerprint density at radius 2 is 1.48 bits per heavy atom. The maximum atomic E-state index is 12.9. The van der Waals surface area contributed by atoms with Crippen LogP contribution in [0.15, 0.2) is 54.6 Å². The van der Waals surface area contributed by atoms with E-state index in [4.69, 9.17) is 5.26 Å². The van der Waals surface area contributed by atoms with Gasteiger partial charge in [0.25, 0.3) is 0 Å². The maximum absolute atomic E-state index is 12.9. The van der Waals surface area contributed by atoms with Gasteiger partial charge in [-0.3, -0.25) is 19.5 Å². The topological polar surface area (TPSA) is 62.6 Å². The monoisotopic (exact) mass is 445 g/mol. The van der Waals surface area contributed by atoms with Crippen LogP contribution in [-0.2, 0) is 17.9 Å². The number of nitrogens with zero attached hydrogens (tertiary/aromatic N) is 4. The molecule has 6 heteroatoms. The lowest BCUT2D eigenvalue weighted by Gasteiger charge is -2.38. The molecule has 0 spiro atoms. The van der Waals surface area contributed by atoms with Gasteiger partial charge in [0.2, 0.25) is 5.91 Å². The first-order valence-electron chi connectivity index (χ1n) is 12.1. The largest absolute Gasteiger partial charge is 0.352 e. The van der Waals surface area contributed by atoms with Crippen LogP contribution < -0.4 is 5.32 Å². The summed E-state index contributed by atoms with van der Waals surface area (Å²) in [7, 11) is 0. The first kappa shape index (κ1) is 23.4. The number of hydrogen-bond donors (Lipinski definition) is 1. The zero-order valence-corrected chi connectivity index (χ0v) is 19.6. The second-order valence-corrected chi connectivity index (χ2v) is 9.34. The summed E-state index contributed by atoms with van der Waals surface area (Å²) in [6.45, 7) is 9.69. The van der Waals surface area contributed by atoms with Crippen molar-refractivity contribution in [1.82, 2.24) is 20.0 Å². The molecule has 0 aromatic heterocycles. The van der Waals surface area contributed by atoms with Crippen LogP contribution in [0.1, 0.15) is 36.5 Å². The molecule has 1 amide bonds. The van der Waals surface area contributed by atoms with Crippen LogP contribution in [0.25, 0.3) is 0 Å². The van der Waals surface area contributed by atoms with Crippen molar-refractivity contribution in [3.05, 3.63) is 71.3 Å². The van der Waals surface area contributed by atoms with Gasteiger partial charge in [-0.15, -0.1) is 0 Å². The molecule has 2 aromatic rings. The molecular weight excluding hydrogens is 410 g/mol. The third kappa shape index (κ3) is 6.64. The first-order chi connectivity index (χ1) is 16.1. The summed E-state index contributed by atoms with van der Waals surface area (Å²) < 4.78 is 0. The van der Waals surface area contributed by atoms with E-state index in [9.17, 15) is 4.79 Å². The molecule has 6 nitrogen and oxygen atoms in total. The molecule has 4 rings (SSSR count). The van der Waals surface area contributed by atoms with Crippen molar-refractivity contribution in [2.24, 2.45) is 0 Å². The normalized spacial score (nSPS) is 19.6. The van der Waals surface area contributed by atoms with E-state index in [-0.39, 0.29) is 18.0 Å². The SMILES string of the molecule is CC(C(=O)NC1CCN(Cc2ccccc2)CC1)N1CCN(Cc2ccc(C#N)cc2)CC1. The molecule has 0 bridgehead atoms. The van der Waals surface area contributed by atoms with E-state index in [0.717, 1.165) is 65.2 Å². The molecule has 2 aromatic carbocycles. The lowest BCUT2D eigenvalue weighted by atomic mass is 10.0. The Hall–Kier alpha value is -2.72. The number of piperazine rings is 1. The number of amides is 1. The summed E-state index contributed by atoms with van der Waals surface area (Å²) in [6.07, 6.45) is 2.04. The van der Waals surface area contributed by atoms with Crippen molar-refractivity contribution in [1.29, 1.82) is 5.26 Å². The summed E-state index contributed by atoms with van der Waals surface area (Å²) in [5, 5.41) is 12.3. The first-order valence-corrected chi connectivity index (χ1v) is 12.1. The highest BCUT2D eigenvalue weighted by Crippen LogP contribution is 2.16. The Labute approximate surface area is 197 Å². The summed E-state index contributed by atoms with van der Waals surface area (Å²) in [4.78, 5) is 20.1. The van der Waals surface area contributed by atoms with Gasteiger partial charge in [-0.05, 0) is 43.0 Å². The molecule has 2 heterocycles. The van der Waals surface area contributed by atoms with Gasteiger partial charge >= 0.3 is 0 Å². The van der Waals surface area contributed by atoms with Gasteiger partial charge < -0.3 is 5.32 Å². The van der Waals surface area contributed by atoms with Gasteiger partial charge in [-0.2, -0.15) is 5.26 Å². The van der Waals surface area contributed by atoms with Crippen LogP contribution in [0, 0.1) is 11.3 Å². The van der Waals surface area contributed by atoms with E-state index in [1.807, 2.05) is 31.2 Å². The van der Waals surface area contributed by atoms with Crippen molar-refractivity contribution in [3.63, 3.8) is 0 Å². The zero-order chi connectivity index (χ0) is 23.0. The Morgan fingerprint density at radius 1 is 0.909 bits per heavy atom. The smallest absolute Gasteiger partial charge is 0.237 e. The number of carbonyl (C=O) groups excluding carboxylic acids is 1. The van der Waals surface area contributed by atoms with Crippen molar-refractivity contribution in [2.75, 3.05) is 39.3 Å². The summed E-state index contributed by atoms with van der Waals surface area (Å²) in [5.74, 6) is 0.164. The minimum atomic E-state index is -0.0931. The molecule has 0 saturated carbocycles. The Kier molecular flexibility index (Phi) is 8.11. The van der Waals surface area contributed by atoms with Crippen molar-refractivity contribution in [2.45, 2.75) is 44.9 Å². The molecule has 2 saturated heterocycles. The van der Waals surface area contributed by atoms with E-state index in [1.165, 1.54) is 11.1 Å². The number of hydrogen-bond acceptors (Lipinski definition) is 5. The van der Waals surface area contributed by atoms with E-state index in [2.05, 4.69) is 56.4 Å². The lowest BCUT2D eigenvalue weighted by Crippen LogP contribution is -2.55. The molecule has 33 heavy (non-hydrogen) atoms. The highest BCUT2D eigenvalue weighted by atomic mass is 16.2. The Bertz CT molecular complexity index is 923. The Balaban J connectivity index is 1.16. The molecule has 2 aliphatic heterocycles. The second-order valence-electron chi connectivity index (χ2n) is 9.34. The van der Waals surface area contributed by atoms with Gasteiger partial charge in [0.05, 0.1) is 17.7 Å². The molecule has 1 unspecified atom stereocenters. The lowest BCUT2D eigenvalue weighted by molar-refractivity contribution is -0.127. The number of nitrogens with one attached hydrogen (secondary N) is 1. The number of rotatable bonds is 7. The molecular formula is C27H35N5O. The molecule has 2 fully saturated rings. The van der Waals surface area contributed by atoms with Crippen LogP contribution in [-0.4, -0.2) is 72.0 Å².